The highest BCUT2D eigenvalue weighted by atomic mass is 19.3. The second-order valence-corrected chi connectivity index (χ2v) is 7.82. The highest BCUT2D eigenvalue weighted by Crippen LogP contribution is 2.38. The molecule has 4 atom stereocenters. The molecule has 0 bridgehead atoms. The Balaban J connectivity index is 1.65. The number of esters is 1. The zero-order valence-electron chi connectivity index (χ0n) is 15.7. The van der Waals surface area contributed by atoms with E-state index in [2.05, 4.69) is 5.32 Å². The fraction of sp³-hybridized carbons (Fsp3) is 0.632. The molecule has 2 aliphatic rings. The Hall–Kier alpha value is -1.61. The molecule has 0 aliphatic carbocycles. The molecule has 3 rings (SSSR count). The summed E-state index contributed by atoms with van der Waals surface area (Å²) in [7, 11) is 0. The van der Waals surface area contributed by atoms with Crippen LogP contribution < -0.4 is 5.32 Å². The number of carbonyl (C=O) groups excluding carboxylic acids is 1. The van der Waals surface area contributed by atoms with Crippen LogP contribution in [0.15, 0.2) is 30.3 Å². The zero-order chi connectivity index (χ0) is 19.8. The summed E-state index contributed by atoms with van der Waals surface area (Å²) in [6.45, 7) is 4.43. The SMILES string of the molecule is CC(C(O)C(C)(C)C(=O)OCc1ccccc1)N1OC[C@H]2NCC(F)(F)[C@H]21. The maximum absolute atomic E-state index is 14.2. The van der Waals surface area contributed by atoms with Crippen LogP contribution in [0, 0.1) is 5.41 Å². The first-order chi connectivity index (χ1) is 12.6. The molecule has 2 aliphatic heterocycles. The molecule has 6 nitrogen and oxygen atoms in total. The van der Waals surface area contributed by atoms with Gasteiger partial charge in [-0.1, -0.05) is 30.3 Å². The maximum atomic E-state index is 14.2. The van der Waals surface area contributed by atoms with Gasteiger partial charge in [-0.25, -0.2) is 8.78 Å². The molecule has 2 unspecified atom stereocenters. The fourth-order valence-electron chi connectivity index (χ4n) is 3.68. The van der Waals surface area contributed by atoms with Gasteiger partial charge in [-0.2, -0.15) is 5.06 Å². The predicted molar refractivity (Wildman–Crippen MR) is 93.8 cm³/mol. The van der Waals surface area contributed by atoms with Crippen LogP contribution in [0.25, 0.3) is 0 Å². The molecule has 150 valence electrons. The summed E-state index contributed by atoms with van der Waals surface area (Å²) < 4.78 is 33.7. The monoisotopic (exact) mass is 384 g/mol. The van der Waals surface area contributed by atoms with Crippen LogP contribution in [0.2, 0.25) is 0 Å². The van der Waals surface area contributed by atoms with Crippen LogP contribution in [0.5, 0.6) is 0 Å². The molecule has 2 heterocycles. The van der Waals surface area contributed by atoms with Crippen LogP contribution in [0.4, 0.5) is 8.78 Å². The van der Waals surface area contributed by atoms with Gasteiger partial charge in [0.2, 0.25) is 0 Å². The average Bonchev–Trinajstić information content (AvgIpc) is 3.20. The number of alkyl halides is 2. The summed E-state index contributed by atoms with van der Waals surface area (Å²) in [6, 6.07) is 6.70. The fourth-order valence-corrected chi connectivity index (χ4v) is 3.68. The van der Waals surface area contributed by atoms with Crippen molar-refractivity contribution in [2.75, 3.05) is 13.2 Å². The minimum absolute atomic E-state index is 0.0805. The number of aliphatic hydroxyl groups excluding tert-OH is 1. The van der Waals surface area contributed by atoms with Gasteiger partial charge in [0.25, 0.3) is 5.92 Å². The largest absolute Gasteiger partial charge is 0.460 e. The topological polar surface area (TPSA) is 71.0 Å². The van der Waals surface area contributed by atoms with Crippen molar-refractivity contribution in [3.05, 3.63) is 35.9 Å². The van der Waals surface area contributed by atoms with E-state index in [1.165, 1.54) is 0 Å². The van der Waals surface area contributed by atoms with Gasteiger partial charge in [0.15, 0.2) is 0 Å². The molecule has 8 heteroatoms. The van der Waals surface area contributed by atoms with E-state index < -0.39 is 48.1 Å². The number of ether oxygens (including phenoxy) is 1. The zero-order valence-corrected chi connectivity index (χ0v) is 15.7. The number of aliphatic hydroxyl groups is 1. The molecule has 2 saturated heterocycles. The van der Waals surface area contributed by atoms with E-state index in [9.17, 15) is 18.7 Å². The molecule has 0 aromatic heterocycles. The number of rotatable bonds is 6. The van der Waals surface area contributed by atoms with Crippen molar-refractivity contribution < 1.29 is 28.3 Å². The average molecular weight is 384 g/mol. The van der Waals surface area contributed by atoms with Crippen molar-refractivity contribution in [1.29, 1.82) is 0 Å². The van der Waals surface area contributed by atoms with E-state index in [1.807, 2.05) is 30.3 Å². The number of nitrogens with one attached hydrogen (secondary N) is 1. The van der Waals surface area contributed by atoms with Gasteiger partial charge < -0.3 is 15.2 Å². The van der Waals surface area contributed by atoms with Crippen molar-refractivity contribution >= 4 is 5.97 Å². The van der Waals surface area contributed by atoms with Crippen molar-refractivity contribution in [3.63, 3.8) is 0 Å². The summed E-state index contributed by atoms with van der Waals surface area (Å²) in [5.74, 6) is -3.56. The molecule has 1 aromatic carbocycles. The summed E-state index contributed by atoms with van der Waals surface area (Å²) in [4.78, 5) is 18.0. The standard InChI is InChI=1S/C19H26F2N2O4/c1-12(23-15-14(10-27-23)22-11-19(15,20)21)16(24)18(2,3)17(25)26-9-13-7-5-4-6-8-13/h4-8,12,14-16,22,24H,9-11H2,1-3H3/t12?,14-,15+,16?/m1/s1. The third-order valence-electron chi connectivity index (χ3n) is 5.43. The lowest BCUT2D eigenvalue weighted by Crippen LogP contribution is -2.56. The Bertz CT molecular complexity index is 671. The second-order valence-electron chi connectivity index (χ2n) is 7.82. The molecule has 0 saturated carbocycles. The van der Waals surface area contributed by atoms with E-state index >= 15 is 0 Å². The normalized spacial score (nSPS) is 27.2. The van der Waals surface area contributed by atoms with Crippen LogP contribution in [0.1, 0.15) is 26.3 Å². The lowest BCUT2D eigenvalue weighted by molar-refractivity contribution is -0.227. The van der Waals surface area contributed by atoms with Gasteiger partial charge >= 0.3 is 5.97 Å². The van der Waals surface area contributed by atoms with Gasteiger partial charge in [0.1, 0.15) is 12.6 Å². The van der Waals surface area contributed by atoms with Crippen molar-refractivity contribution in [1.82, 2.24) is 10.4 Å². The molecular weight excluding hydrogens is 358 g/mol. The first-order valence-electron chi connectivity index (χ1n) is 9.06. The minimum Gasteiger partial charge on any atom is -0.460 e. The summed E-state index contributed by atoms with van der Waals surface area (Å²) in [5.41, 5.74) is -0.469. The number of halogens is 2. The van der Waals surface area contributed by atoms with Crippen molar-refractivity contribution in [2.24, 2.45) is 5.41 Å². The summed E-state index contributed by atoms with van der Waals surface area (Å²) in [6.07, 6.45) is -1.25. The van der Waals surface area contributed by atoms with E-state index in [-0.39, 0.29) is 13.2 Å². The number of carbonyl (C=O) groups is 1. The molecule has 1 aromatic rings. The molecule has 0 radical (unpaired) electrons. The number of hydrogen-bond acceptors (Lipinski definition) is 6. The summed E-state index contributed by atoms with van der Waals surface area (Å²) >= 11 is 0. The lowest BCUT2D eigenvalue weighted by atomic mass is 9.82. The van der Waals surface area contributed by atoms with E-state index in [0.717, 1.165) is 10.6 Å². The quantitative estimate of drug-likeness (QED) is 0.728. The van der Waals surface area contributed by atoms with Gasteiger partial charge in [0.05, 0.1) is 36.8 Å². The Morgan fingerprint density at radius 1 is 1.44 bits per heavy atom. The highest BCUT2D eigenvalue weighted by Gasteiger charge is 2.59. The van der Waals surface area contributed by atoms with Gasteiger partial charge in [-0.05, 0) is 26.3 Å². The second kappa shape index (κ2) is 7.43. The van der Waals surface area contributed by atoms with Crippen molar-refractivity contribution in [3.8, 4) is 0 Å². The van der Waals surface area contributed by atoms with Crippen molar-refractivity contribution in [2.45, 2.75) is 57.5 Å². The lowest BCUT2D eigenvalue weighted by Gasteiger charge is -2.38. The number of benzene rings is 1. The molecule has 0 spiro atoms. The first-order valence-corrected chi connectivity index (χ1v) is 9.06. The van der Waals surface area contributed by atoms with Crippen LogP contribution in [0.3, 0.4) is 0 Å². The molecule has 0 amide bonds. The minimum atomic E-state index is -2.97. The Morgan fingerprint density at radius 2 is 2.11 bits per heavy atom. The smallest absolute Gasteiger partial charge is 0.314 e. The molecule has 2 fully saturated rings. The van der Waals surface area contributed by atoms with Crippen LogP contribution in [-0.2, 0) is 21.0 Å². The number of fused-ring (bicyclic) bond motifs is 1. The van der Waals surface area contributed by atoms with E-state index in [1.54, 1.807) is 20.8 Å². The Morgan fingerprint density at radius 3 is 2.78 bits per heavy atom. The van der Waals surface area contributed by atoms with Crippen LogP contribution >= 0.6 is 0 Å². The summed E-state index contributed by atoms with van der Waals surface area (Å²) in [5, 5.41) is 14.7. The number of hydrogen-bond donors (Lipinski definition) is 2. The first kappa shape index (κ1) is 20.1. The Labute approximate surface area is 157 Å². The molecule has 2 N–H and O–H groups in total. The molecule has 27 heavy (non-hydrogen) atoms. The third-order valence-corrected chi connectivity index (χ3v) is 5.43. The van der Waals surface area contributed by atoms with Gasteiger partial charge in [-0.15, -0.1) is 0 Å². The third kappa shape index (κ3) is 3.85. The van der Waals surface area contributed by atoms with Gasteiger partial charge in [-0.3, -0.25) is 9.63 Å². The highest BCUT2D eigenvalue weighted by molar-refractivity contribution is 5.76. The van der Waals surface area contributed by atoms with Gasteiger partial charge in [0, 0.05) is 0 Å². The predicted octanol–water partition coefficient (Wildman–Crippen LogP) is 1.73. The number of nitrogens with zero attached hydrogens (tertiary/aromatic N) is 1. The molecular formula is C19H26F2N2O4. The Kier molecular flexibility index (Phi) is 5.54. The van der Waals surface area contributed by atoms with Crippen LogP contribution in [-0.4, -0.2) is 59.4 Å². The number of hydroxylamine groups is 2. The maximum Gasteiger partial charge on any atom is 0.314 e. The van der Waals surface area contributed by atoms with E-state index in [4.69, 9.17) is 9.57 Å². The van der Waals surface area contributed by atoms with E-state index in [0.29, 0.717) is 0 Å².